The Kier molecular flexibility index (Phi) is 8.18. The molecule has 0 bridgehead atoms. The van der Waals surface area contributed by atoms with Crippen LogP contribution >= 0.6 is 0 Å². The van der Waals surface area contributed by atoms with Crippen LogP contribution in [-0.2, 0) is 9.53 Å². The maximum absolute atomic E-state index is 13.4. The van der Waals surface area contributed by atoms with Crippen LogP contribution in [0.15, 0.2) is 36.5 Å². The molecule has 0 aliphatic rings. The van der Waals surface area contributed by atoms with Gasteiger partial charge in [-0.25, -0.2) is 14.2 Å². The Bertz CT molecular complexity index is 921. The predicted molar refractivity (Wildman–Crippen MR) is 111 cm³/mol. The molecule has 3 atom stereocenters. The highest BCUT2D eigenvalue weighted by Crippen LogP contribution is 2.27. The molecule has 31 heavy (non-hydrogen) atoms. The largest absolute Gasteiger partial charge is 0.503 e. The normalized spacial score (nSPS) is 13.8. The van der Waals surface area contributed by atoms with Gasteiger partial charge in [-0.3, -0.25) is 4.79 Å². The SMILES string of the molecule is COc1ccnc(C(=O)N[C@@H](C)C(=O)O[C@@H](C)[C@H](Oc2cccc(F)c2)C(C)C)c1O. The summed E-state index contributed by atoms with van der Waals surface area (Å²) in [6.45, 7) is 6.88. The summed E-state index contributed by atoms with van der Waals surface area (Å²) in [6.07, 6.45) is 0.0754. The van der Waals surface area contributed by atoms with E-state index >= 15 is 0 Å². The van der Waals surface area contributed by atoms with Crippen LogP contribution in [0.2, 0.25) is 0 Å². The van der Waals surface area contributed by atoms with E-state index in [2.05, 4.69) is 10.3 Å². The summed E-state index contributed by atoms with van der Waals surface area (Å²) in [7, 11) is 1.34. The number of halogens is 1. The van der Waals surface area contributed by atoms with Crippen LogP contribution in [0.3, 0.4) is 0 Å². The molecule has 0 aliphatic heterocycles. The molecule has 1 amide bonds. The molecule has 0 saturated heterocycles. The summed E-state index contributed by atoms with van der Waals surface area (Å²) in [5.74, 6) is -1.97. The molecule has 2 rings (SSSR count). The molecule has 0 saturated carbocycles. The van der Waals surface area contributed by atoms with Gasteiger partial charge < -0.3 is 24.6 Å². The first-order valence-electron chi connectivity index (χ1n) is 9.79. The van der Waals surface area contributed by atoms with Crippen LogP contribution < -0.4 is 14.8 Å². The highest BCUT2D eigenvalue weighted by molar-refractivity contribution is 5.97. The van der Waals surface area contributed by atoms with Crippen LogP contribution in [0, 0.1) is 11.7 Å². The molecular weight excluding hydrogens is 407 g/mol. The number of carbonyl (C=O) groups is 2. The fourth-order valence-corrected chi connectivity index (χ4v) is 2.91. The van der Waals surface area contributed by atoms with E-state index in [-0.39, 0.29) is 17.4 Å². The third-order valence-corrected chi connectivity index (χ3v) is 4.51. The lowest BCUT2D eigenvalue weighted by atomic mass is 10.0. The van der Waals surface area contributed by atoms with Gasteiger partial charge in [-0.15, -0.1) is 0 Å². The number of carbonyl (C=O) groups excluding carboxylic acids is 2. The summed E-state index contributed by atoms with van der Waals surface area (Å²) in [5.41, 5.74) is -0.276. The number of rotatable bonds is 9. The van der Waals surface area contributed by atoms with E-state index in [0.29, 0.717) is 5.75 Å². The van der Waals surface area contributed by atoms with Crippen molar-refractivity contribution >= 4 is 11.9 Å². The second-order valence-corrected chi connectivity index (χ2v) is 7.33. The Balaban J connectivity index is 2.02. The molecule has 2 aromatic rings. The van der Waals surface area contributed by atoms with Crippen LogP contribution in [0.1, 0.15) is 38.2 Å². The Morgan fingerprint density at radius 3 is 2.48 bits per heavy atom. The number of methoxy groups -OCH3 is 1. The van der Waals surface area contributed by atoms with Gasteiger partial charge in [-0.2, -0.15) is 0 Å². The van der Waals surface area contributed by atoms with E-state index in [9.17, 15) is 19.1 Å². The second-order valence-electron chi connectivity index (χ2n) is 7.33. The second kappa shape index (κ2) is 10.6. The Morgan fingerprint density at radius 2 is 1.87 bits per heavy atom. The fourth-order valence-electron chi connectivity index (χ4n) is 2.91. The lowest BCUT2D eigenvalue weighted by Crippen LogP contribution is -2.44. The van der Waals surface area contributed by atoms with E-state index in [1.807, 2.05) is 13.8 Å². The Hall–Kier alpha value is -3.36. The minimum atomic E-state index is -1.02. The molecule has 9 heteroatoms. The van der Waals surface area contributed by atoms with Gasteiger partial charge in [0.05, 0.1) is 7.11 Å². The van der Waals surface area contributed by atoms with Gasteiger partial charge in [-0.1, -0.05) is 19.9 Å². The highest BCUT2D eigenvalue weighted by atomic mass is 19.1. The number of ether oxygens (including phenoxy) is 3. The summed E-state index contributed by atoms with van der Waals surface area (Å²) in [6, 6.07) is 6.07. The monoisotopic (exact) mass is 434 g/mol. The van der Waals surface area contributed by atoms with Crippen molar-refractivity contribution in [3.05, 3.63) is 48.0 Å². The number of pyridine rings is 1. The molecule has 8 nitrogen and oxygen atoms in total. The first kappa shape index (κ1) is 23.9. The minimum Gasteiger partial charge on any atom is -0.503 e. The van der Waals surface area contributed by atoms with Crippen molar-refractivity contribution in [1.29, 1.82) is 0 Å². The molecular formula is C22H27FN2O6. The van der Waals surface area contributed by atoms with E-state index in [0.717, 1.165) is 0 Å². The number of hydrogen-bond acceptors (Lipinski definition) is 7. The first-order valence-corrected chi connectivity index (χ1v) is 9.79. The minimum absolute atomic E-state index is 0.0473. The van der Waals surface area contributed by atoms with Crippen LogP contribution in [-0.4, -0.2) is 47.3 Å². The van der Waals surface area contributed by atoms with Crippen molar-refractivity contribution in [1.82, 2.24) is 10.3 Å². The summed E-state index contributed by atoms with van der Waals surface area (Å²) >= 11 is 0. The summed E-state index contributed by atoms with van der Waals surface area (Å²) < 4.78 is 29.7. The molecule has 0 aliphatic carbocycles. The number of nitrogens with one attached hydrogen (secondary N) is 1. The van der Waals surface area contributed by atoms with Crippen LogP contribution in [0.25, 0.3) is 0 Å². The van der Waals surface area contributed by atoms with E-state index in [1.54, 1.807) is 13.0 Å². The molecule has 0 fully saturated rings. The highest BCUT2D eigenvalue weighted by Gasteiger charge is 2.29. The molecule has 0 unspecified atom stereocenters. The van der Waals surface area contributed by atoms with Crippen molar-refractivity contribution in [3.8, 4) is 17.2 Å². The third-order valence-electron chi connectivity index (χ3n) is 4.51. The van der Waals surface area contributed by atoms with Crippen LogP contribution in [0.5, 0.6) is 17.2 Å². The zero-order chi connectivity index (χ0) is 23.1. The molecule has 0 radical (unpaired) electrons. The Morgan fingerprint density at radius 1 is 1.16 bits per heavy atom. The smallest absolute Gasteiger partial charge is 0.328 e. The van der Waals surface area contributed by atoms with Crippen molar-refractivity contribution in [3.63, 3.8) is 0 Å². The fraction of sp³-hybridized carbons (Fsp3) is 0.409. The molecule has 1 aromatic heterocycles. The summed E-state index contributed by atoms with van der Waals surface area (Å²) in [4.78, 5) is 28.7. The van der Waals surface area contributed by atoms with E-state index < -0.39 is 41.7 Å². The molecule has 0 spiro atoms. The number of nitrogens with zero attached hydrogens (tertiary/aromatic N) is 1. The van der Waals surface area contributed by atoms with Crippen LogP contribution in [0.4, 0.5) is 4.39 Å². The van der Waals surface area contributed by atoms with Gasteiger partial charge in [-0.05, 0) is 31.9 Å². The summed E-state index contributed by atoms with van der Waals surface area (Å²) in [5, 5.41) is 12.5. The average molecular weight is 434 g/mol. The quantitative estimate of drug-likeness (QED) is 0.584. The third kappa shape index (κ3) is 6.31. The zero-order valence-electron chi connectivity index (χ0n) is 18.1. The van der Waals surface area contributed by atoms with Gasteiger partial charge in [0.2, 0.25) is 0 Å². The van der Waals surface area contributed by atoms with E-state index in [4.69, 9.17) is 14.2 Å². The molecule has 168 valence electrons. The van der Waals surface area contributed by atoms with Gasteiger partial charge in [0.1, 0.15) is 29.8 Å². The number of amides is 1. The standard InChI is InChI=1S/C22H27FN2O6/c1-12(2)20(31-16-8-6-7-15(23)11-16)14(4)30-22(28)13(3)25-21(27)18-19(26)17(29-5)9-10-24-18/h6-14,20,26H,1-5H3,(H,25,27)/t13-,14-,20+/m0/s1. The molecule has 2 N–H and O–H groups in total. The first-order chi connectivity index (χ1) is 14.6. The number of benzene rings is 1. The van der Waals surface area contributed by atoms with Crippen molar-refractivity contribution < 1.29 is 33.3 Å². The number of aromatic nitrogens is 1. The predicted octanol–water partition coefficient (Wildman–Crippen LogP) is 3.09. The molecule has 1 heterocycles. The van der Waals surface area contributed by atoms with Crippen molar-refractivity contribution in [2.75, 3.05) is 7.11 Å². The number of esters is 1. The lowest BCUT2D eigenvalue weighted by molar-refractivity contribution is -0.155. The Labute approximate surface area is 180 Å². The van der Waals surface area contributed by atoms with Gasteiger partial charge >= 0.3 is 5.97 Å². The van der Waals surface area contributed by atoms with Gasteiger partial charge in [0.25, 0.3) is 5.91 Å². The average Bonchev–Trinajstić information content (AvgIpc) is 2.71. The maximum Gasteiger partial charge on any atom is 0.328 e. The number of aromatic hydroxyl groups is 1. The zero-order valence-corrected chi connectivity index (χ0v) is 18.1. The topological polar surface area (TPSA) is 107 Å². The van der Waals surface area contributed by atoms with Crippen molar-refractivity contribution in [2.24, 2.45) is 5.92 Å². The lowest BCUT2D eigenvalue weighted by Gasteiger charge is -2.29. The maximum atomic E-state index is 13.4. The van der Waals surface area contributed by atoms with Gasteiger partial charge in [0.15, 0.2) is 17.2 Å². The van der Waals surface area contributed by atoms with E-state index in [1.165, 1.54) is 44.5 Å². The van der Waals surface area contributed by atoms with Crippen molar-refractivity contribution in [2.45, 2.75) is 45.9 Å². The number of hydrogen-bond donors (Lipinski definition) is 2. The molecule has 1 aromatic carbocycles. The van der Waals surface area contributed by atoms with Gasteiger partial charge in [0, 0.05) is 18.3 Å².